The Morgan fingerprint density at radius 1 is 1.22 bits per heavy atom. The molecule has 1 unspecified atom stereocenters. The molecule has 0 saturated carbocycles. The van der Waals surface area contributed by atoms with Gasteiger partial charge >= 0.3 is 0 Å². The maximum Gasteiger partial charge on any atom is 0.191 e. The molecule has 0 fully saturated rings. The molecule has 1 aromatic rings. The number of hydrogen-bond acceptors (Lipinski definition) is 3. The van der Waals surface area contributed by atoms with Gasteiger partial charge in [-0.25, -0.2) is 4.99 Å². The Morgan fingerprint density at radius 3 is 2.65 bits per heavy atom. The van der Waals surface area contributed by atoms with Crippen molar-refractivity contribution in [2.75, 3.05) is 26.9 Å². The zero-order chi connectivity index (χ0) is 17.1. The molecule has 0 aliphatic carbocycles. The highest BCUT2D eigenvalue weighted by atomic mass is 16.5. The number of nitrogens with one attached hydrogen (secondary N) is 2. The molecule has 0 bridgehead atoms. The van der Waals surface area contributed by atoms with E-state index in [1.54, 1.807) is 7.11 Å². The van der Waals surface area contributed by atoms with Crippen LogP contribution in [0.1, 0.15) is 33.3 Å². The Labute approximate surface area is 140 Å². The van der Waals surface area contributed by atoms with Gasteiger partial charge in [-0.3, -0.25) is 0 Å². The van der Waals surface area contributed by atoms with E-state index >= 15 is 0 Å². The van der Waals surface area contributed by atoms with Gasteiger partial charge in [0.2, 0.25) is 0 Å². The van der Waals surface area contributed by atoms with E-state index in [-0.39, 0.29) is 0 Å². The van der Waals surface area contributed by atoms with Gasteiger partial charge in [0.25, 0.3) is 0 Å². The van der Waals surface area contributed by atoms with Crippen LogP contribution in [0.5, 0.6) is 5.75 Å². The van der Waals surface area contributed by atoms with Gasteiger partial charge in [-0.05, 0) is 37.5 Å². The van der Waals surface area contributed by atoms with Crippen molar-refractivity contribution in [2.45, 2.75) is 40.3 Å². The number of ether oxygens (including phenoxy) is 2. The van der Waals surface area contributed by atoms with Crippen LogP contribution < -0.4 is 15.4 Å². The predicted octanol–water partition coefficient (Wildman–Crippen LogP) is 2.81. The molecule has 0 heterocycles. The summed E-state index contributed by atoms with van der Waals surface area (Å²) in [6, 6.07) is 8.39. The standard InChI is InChI=1S/C18H31N3O2/c1-6-19-18(21-15(4)14(2)3)20-13-16-8-7-9-17(12-16)23-11-10-22-5/h7-9,12,14-15H,6,10-11,13H2,1-5H3,(H2,19,20,21). The monoisotopic (exact) mass is 321 g/mol. The van der Waals surface area contributed by atoms with Crippen molar-refractivity contribution < 1.29 is 9.47 Å². The fraction of sp³-hybridized carbons (Fsp3) is 0.611. The lowest BCUT2D eigenvalue weighted by Gasteiger charge is -2.20. The molecule has 0 radical (unpaired) electrons. The number of methoxy groups -OCH3 is 1. The van der Waals surface area contributed by atoms with E-state index in [1.165, 1.54) is 0 Å². The summed E-state index contributed by atoms with van der Waals surface area (Å²) in [5.74, 6) is 2.25. The van der Waals surface area contributed by atoms with Crippen LogP contribution in [-0.4, -0.2) is 38.9 Å². The maximum atomic E-state index is 5.63. The summed E-state index contributed by atoms with van der Waals surface area (Å²) in [6.07, 6.45) is 0. The Hall–Kier alpha value is -1.75. The van der Waals surface area contributed by atoms with Gasteiger partial charge in [-0.2, -0.15) is 0 Å². The van der Waals surface area contributed by atoms with E-state index in [9.17, 15) is 0 Å². The minimum atomic E-state index is 0.372. The number of guanidine groups is 1. The molecule has 0 aliphatic rings. The second-order valence-corrected chi connectivity index (χ2v) is 5.86. The van der Waals surface area contributed by atoms with Crippen molar-refractivity contribution >= 4 is 5.96 Å². The van der Waals surface area contributed by atoms with E-state index in [0.29, 0.717) is 31.7 Å². The third-order valence-electron chi connectivity index (χ3n) is 3.58. The largest absolute Gasteiger partial charge is 0.491 e. The average molecular weight is 321 g/mol. The highest BCUT2D eigenvalue weighted by Crippen LogP contribution is 2.14. The number of aliphatic imine (C=N–C) groups is 1. The van der Waals surface area contributed by atoms with Crippen LogP contribution in [0.25, 0.3) is 0 Å². The smallest absolute Gasteiger partial charge is 0.191 e. The predicted molar refractivity (Wildman–Crippen MR) is 96.1 cm³/mol. The molecule has 1 rings (SSSR count). The summed E-state index contributed by atoms with van der Waals surface area (Å²) in [7, 11) is 1.67. The number of rotatable bonds is 9. The van der Waals surface area contributed by atoms with Crippen molar-refractivity contribution in [1.29, 1.82) is 0 Å². The lowest BCUT2D eigenvalue weighted by atomic mass is 10.1. The van der Waals surface area contributed by atoms with Crippen molar-refractivity contribution in [1.82, 2.24) is 10.6 Å². The summed E-state index contributed by atoms with van der Waals surface area (Å²) in [5, 5.41) is 6.72. The van der Waals surface area contributed by atoms with Crippen LogP contribution in [-0.2, 0) is 11.3 Å². The summed E-state index contributed by atoms with van der Waals surface area (Å²) < 4.78 is 10.6. The van der Waals surface area contributed by atoms with Gasteiger partial charge in [0.1, 0.15) is 12.4 Å². The number of nitrogens with zero attached hydrogens (tertiary/aromatic N) is 1. The lowest BCUT2D eigenvalue weighted by molar-refractivity contribution is 0.146. The molecule has 1 atom stereocenters. The van der Waals surface area contributed by atoms with Crippen molar-refractivity contribution in [3.8, 4) is 5.75 Å². The van der Waals surface area contributed by atoms with Gasteiger partial charge in [0.05, 0.1) is 13.2 Å². The van der Waals surface area contributed by atoms with Crippen LogP contribution in [0, 0.1) is 5.92 Å². The van der Waals surface area contributed by atoms with E-state index < -0.39 is 0 Å². The van der Waals surface area contributed by atoms with Crippen LogP contribution in [0.4, 0.5) is 0 Å². The van der Waals surface area contributed by atoms with Gasteiger partial charge in [-0.15, -0.1) is 0 Å². The summed E-state index contributed by atoms with van der Waals surface area (Å²) in [6.45, 7) is 11.2. The molecule has 1 aromatic carbocycles. The van der Waals surface area contributed by atoms with Crippen LogP contribution >= 0.6 is 0 Å². The fourth-order valence-electron chi connectivity index (χ4n) is 1.85. The topological polar surface area (TPSA) is 54.9 Å². The summed E-state index contributed by atoms with van der Waals surface area (Å²) in [4.78, 5) is 4.66. The first-order valence-electron chi connectivity index (χ1n) is 8.32. The minimum Gasteiger partial charge on any atom is -0.491 e. The molecule has 2 N–H and O–H groups in total. The Kier molecular flexibility index (Phi) is 9.14. The molecule has 0 aromatic heterocycles. The van der Waals surface area contributed by atoms with E-state index in [4.69, 9.17) is 9.47 Å². The van der Waals surface area contributed by atoms with E-state index in [2.05, 4.69) is 49.4 Å². The minimum absolute atomic E-state index is 0.372. The van der Waals surface area contributed by atoms with Crippen LogP contribution in [0.15, 0.2) is 29.3 Å². The first-order chi connectivity index (χ1) is 11.1. The van der Waals surface area contributed by atoms with Crippen molar-refractivity contribution in [3.63, 3.8) is 0 Å². The zero-order valence-corrected chi connectivity index (χ0v) is 15.1. The van der Waals surface area contributed by atoms with Gasteiger partial charge in [-0.1, -0.05) is 26.0 Å². The second-order valence-electron chi connectivity index (χ2n) is 5.86. The van der Waals surface area contributed by atoms with Crippen LogP contribution in [0.2, 0.25) is 0 Å². The molecule has 23 heavy (non-hydrogen) atoms. The fourth-order valence-corrected chi connectivity index (χ4v) is 1.85. The first kappa shape index (κ1) is 19.3. The lowest BCUT2D eigenvalue weighted by Crippen LogP contribution is -2.44. The Bertz CT molecular complexity index is 475. The van der Waals surface area contributed by atoms with Gasteiger partial charge in [0, 0.05) is 19.7 Å². The molecule has 0 saturated heterocycles. The Morgan fingerprint density at radius 2 is 2.00 bits per heavy atom. The average Bonchev–Trinajstić information content (AvgIpc) is 2.53. The van der Waals surface area contributed by atoms with Gasteiger partial charge in [0.15, 0.2) is 5.96 Å². The maximum absolute atomic E-state index is 5.63. The first-order valence-corrected chi connectivity index (χ1v) is 8.32. The van der Waals surface area contributed by atoms with Crippen molar-refractivity contribution in [3.05, 3.63) is 29.8 Å². The number of hydrogen-bond donors (Lipinski definition) is 2. The van der Waals surface area contributed by atoms with Gasteiger partial charge < -0.3 is 20.1 Å². The van der Waals surface area contributed by atoms with E-state index in [0.717, 1.165) is 23.8 Å². The number of benzene rings is 1. The second kappa shape index (κ2) is 10.9. The quantitative estimate of drug-likeness (QED) is 0.417. The molecule has 130 valence electrons. The highest BCUT2D eigenvalue weighted by Gasteiger charge is 2.08. The summed E-state index contributed by atoms with van der Waals surface area (Å²) >= 11 is 0. The molecular weight excluding hydrogens is 290 g/mol. The van der Waals surface area contributed by atoms with E-state index in [1.807, 2.05) is 18.2 Å². The molecule has 0 aliphatic heterocycles. The SMILES string of the molecule is CCNC(=NCc1cccc(OCCOC)c1)NC(C)C(C)C. The Balaban J connectivity index is 2.65. The van der Waals surface area contributed by atoms with Crippen LogP contribution in [0.3, 0.4) is 0 Å². The third-order valence-corrected chi connectivity index (χ3v) is 3.58. The van der Waals surface area contributed by atoms with Crippen molar-refractivity contribution in [2.24, 2.45) is 10.9 Å². The highest BCUT2D eigenvalue weighted by molar-refractivity contribution is 5.80. The summed E-state index contributed by atoms with van der Waals surface area (Å²) in [5.41, 5.74) is 1.12. The molecule has 0 spiro atoms. The molecular formula is C18H31N3O2. The third kappa shape index (κ3) is 7.88. The molecule has 5 nitrogen and oxygen atoms in total. The molecule has 5 heteroatoms. The molecule has 0 amide bonds. The normalized spacial score (nSPS) is 13.0. The zero-order valence-electron chi connectivity index (χ0n) is 15.1.